The second kappa shape index (κ2) is 3.75. The lowest BCUT2D eigenvalue weighted by Crippen LogP contribution is -2.19. The van der Waals surface area contributed by atoms with Crippen LogP contribution >= 0.6 is 0 Å². The van der Waals surface area contributed by atoms with Gasteiger partial charge in [-0.3, -0.25) is 0 Å². The zero-order valence-corrected chi connectivity index (χ0v) is 6.49. The van der Waals surface area contributed by atoms with Gasteiger partial charge < -0.3 is 11.2 Å². The first-order valence-corrected chi connectivity index (χ1v) is 3.60. The summed E-state index contributed by atoms with van der Waals surface area (Å²) in [5.74, 6) is 0. The molecule has 1 atom stereocenters. The Balaban J connectivity index is 2.62. The van der Waals surface area contributed by atoms with Crippen LogP contribution in [0.2, 0.25) is 0 Å². The smallest absolute Gasteiger partial charge is 0.0852 e. The summed E-state index contributed by atoms with van der Waals surface area (Å²) in [4.78, 5) is 3.81. The molecule has 60 valence electrons. The first-order valence-electron chi connectivity index (χ1n) is 3.60. The number of hydrogen-bond donors (Lipinski definition) is 2. The standard InChI is InChI=1S/C7H12N4/c1-2-7-6(3-9-5-8)4-10-11-7/h3-5,7,11H,2H2,1H3,(H2,8,9)/b6-3-. The molecule has 0 saturated carbocycles. The SMILES string of the molecule is CCC1NN=C/C1=C/N=C\N. The maximum absolute atomic E-state index is 5.09. The van der Waals surface area contributed by atoms with Gasteiger partial charge in [-0.2, -0.15) is 5.10 Å². The van der Waals surface area contributed by atoms with Gasteiger partial charge in [0.15, 0.2) is 0 Å². The summed E-state index contributed by atoms with van der Waals surface area (Å²) in [5, 5.41) is 3.91. The van der Waals surface area contributed by atoms with Crippen molar-refractivity contribution in [3.05, 3.63) is 11.8 Å². The van der Waals surface area contributed by atoms with E-state index in [0.717, 1.165) is 12.0 Å². The van der Waals surface area contributed by atoms with Crippen LogP contribution in [-0.4, -0.2) is 18.6 Å². The van der Waals surface area contributed by atoms with Crippen LogP contribution < -0.4 is 11.2 Å². The van der Waals surface area contributed by atoms with Crippen LogP contribution in [0.15, 0.2) is 21.9 Å². The average Bonchev–Trinajstić information content (AvgIpc) is 2.47. The van der Waals surface area contributed by atoms with Crippen LogP contribution in [0.3, 0.4) is 0 Å². The van der Waals surface area contributed by atoms with Gasteiger partial charge >= 0.3 is 0 Å². The molecule has 0 aromatic carbocycles. The summed E-state index contributed by atoms with van der Waals surface area (Å²) in [6, 6.07) is 0.304. The van der Waals surface area contributed by atoms with E-state index < -0.39 is 0 Å². The van der Waals surface area contributed by atoms with E-state index in [9.17, 15) is 0 Å². The van der Waals surface area contributed by atoms with Gasteiger partial charge in [-0.05, 0) is 6.42 Å². The predicted molar refractivity (Wildman–Crippen MR) is 46.5 cm³/mol. The summed E-state index contributed by atoms with van der Waals surface area (Å²) in [5.41, 5.74) is 9.12. The lowest BCUT2D eigenvalue weighted by atomic mass is 10.1. The molecule has 0 fully saturated rings. The number of rotatable bonds is 2. The van der Waals surface area contributed by atoms with Crippen molar-refractivity contribution in [3.63, 3.8) is 0 Å². The molecule has 4 nitrogen and oxygen atoms in total. The summed E-state index contributed by atoms with van der Waals surface area (Å²) in [6.07, 6.45) is 5.76. The van der Waals surface area contributed by atoms with Crippen molar-refractivity contribution in [2.75, 3.05) is 0 Å². The third kappa shape index (κ3) is 1.80. The third-order valence-corrected chi connectivity index (χ3v) is 1.56. The molecule has 4 heteroatoms. The monoisotopic (exact) mass is 152 g/mol. The highest BCUT2D eigenvalue weighted by atomic mass is 15.3. The highest BCUT2D eigenvalue weighted by Gasteiger charge is 2.13. The van der Waals surface area contributed by atoms with E-state index in [0.29, 0.717) is 6.04 Å². The van der Waals surface area contributed by atoms with E-state index in [1.165, 1.54) is 6.34 Å². The molecule has 0 saturated heterocycles. The van der Waals surface area contributed by atoms with E-state index in [1.54, 1.807) is 12.4 Å². The van der Waals surface area contributed by atoms with Crippen molar-refractivity contribution in [1.82, 2.24) is 5.43 Å². The molecule has 0 spiro atoms. The summed E-state index contributed by atoms with van der Waals surface area (Å²) >= 11 is 0. The molecular weight excluding hydrogens is 140 g/mol. The molecule has 1 aliphatic rings. The number of nitrogens with zero attached hydrogens (tertiary/aromatic N) is 2. The number of nitrogens with one attached hydrogen (secondary N) is 1. The number of nitrogens with two attached hydrogens (primary N) is 1. The molecular formula is C7H12N4. The van der Waals surface area contributed by atoms with E-state index in [4.69, 9.17) is 5.73 Å². The van der Waals surface area contributed by atoms with Crippen LogP contribution in [0.5, 0.6) is 0 Å². The highest BCUT2D eigenvalue weighted by molar-refractivity contribution is 5.82. The molecule has 1 heterocycles. The van der Waals surface area contributed by atoms with Crippen LogP contribution in [0.25, 0.3) is 0 Å². The molecule has 0 amide bonds. The minimum absolute atomic E-state index is 0.304. The molecule has 0 radical (unpaired) electrons. The fourth-order valence-electron chi connectivity index (χ4n) is 0.946. The molecule has 0 aliphatic carbocycles. The normalized spacial score (nSPS) is 26.6. The predicted octanol–water partition coefficient (Wildman–Crippen LogP) is 0.225. The van der Waals surface area contributed by atoms with Crippen LogP contribution in [0.4, 0.5) is 0 Å². The van der Waals surface area contributed by atoms with Gasteiger partial charge in [0.05, 0.1) is 18.6 Å². The van der Waals surface area contributed by atoms with Crippen LogP contribution in [0.1, 0.15) is 13.3 Å². The Labute approximate surface area is 65.9 Å². The van der Waals surface area contributed by atoms with Gasteiger partial charge in [0.2, 0.25) is 0 Å². The number of hydrazone groups is 1. The van der Waals surface area contributed by atoms with Gasteiger partial charge in [-0.15, -0.1) is 0 Å². The Kier molecular flexibility index (Phi) is 2.66. The van der Waals surface area contributed by atoms with Crippen LogP contribution in [-0.2, 0) is 0 Å². The number of aliphatic imine (C=N–C) groups is 1. The van der Waals surface area contributed by atoms with E-state index in [1.807, 2.05) is 0 Å². The van der Waals surface area contributed by atoms with Gasteiger partial charge in [-0.1, -0.05) is 6.92 Å². The molecule has 3 N–H and O–H groups in total. The maximum Gasteiger partial charge on any atom is 0.0852 e. The largest absolute Gasteiger partial charge is 0.390 e. The fraction of sp³-hybridized carbons (Fsp3) is 0.429. The topological polar surface area (TPSA) is 62.8 Å². The zero-order chi connectivity index (χ0) is 8.10. The molecule has 1 unspecified atom stereocenters. The van der Waals surface area contributed by atoms with Gasteiger partial charge in [0.25, 0.3) is 0 Å². The Hall–Kier alpha value is -1.32. The van der Waals surface area contributed by atoms with Crippen molar-refractivity contribution in [2.45, 2.75) is 19.4 Å². The Morgan fingerprint density at radius 3 is 3.36 bits per heavy atom. The third-order valence-electron chi connectivity index (χ3n) is 1.56. The van der Waals surface area contributed by atoms with Gasteiger partial charge in [0.1, 0.15) is 0 Å². The molecule has 11 heavy (non-hydrogen) atoms. The average molecular weight is 152 g/mol. The second-order valence-electron chi connectivity index (χ2n) is 2.28. The number of hydrogen-bond acceptors (Lipinski definition) is 3. The quantitative estimate of drug-likeness (QED) is 0.439. The first kappa shape index (κ1) is 7.78. The van der Waals surface area contributed by atoms with Crippen molar-refractivity contribution in [2.24, 2.45) is 15.8 Å². The Bertz CT molecular complexity index is 204. The first-order chi connectivity index (χ1) is 5.38. The van der Waals surface area contributed by atoms with Crippen molar-refractivity contribution in [1.29, 1.82) is 0 Å². The van der Waals surface area contributed by atoms with E-state index in [2.05, 4.69) is 22.4 Å². The zero-order valence-electron chi connectivity index (χ0n) is 6.49. The van der Waals surface area contributed by atoms with Crippen molar-refractivity contribution in [3.8, 4) is 0 Å². The van der Waals surface area contributed by atoms with Crippen LogP contribution in [0, 0.1) is 0 Å². The summed E-state index contributed by atoms with van der Waals surface area (Å²) < 4.78 is 0. The van der Waals surface area contributed by atoms with E-state index in [-0.39, 0.29) is 0 Å². The summed E-state index contributed by atoms with van der Waals surface area (Å²) in [6.45, 7) is 2.09. The lowest BCUT2D eigenvalue weighted by molar-refractivity contribution is 0.620. The minimum Gasteiger partial charge on any atom is -0.390 e. The Morgan fingerprint density at radius 1 is 1.91 bits per heavy atom. The van der Waals surface area contributed by atoms with Gasteiger partial charge in [-0.25, -0.2) is 4.99 Å². The minimum atomic E-state index is 0.304. The summed E-state index contributed by atoms with van der Waals surface area (Å²) in [7, 11) is 0. The molecule has 0 aromatic heterocycles. The molecule has 1 aliphatic heterocycles. The molecule has 1 rings (SSSR count). The maximum atomic E-state index is 5.09. The molecule has 0 aromatic rings. The molecule has 0 bridgehead atoms. The lowest BCUT2D eigenvalue weighted by Gasteiger charge is -2.05. The van der Waals surface area contributed by atoms with Gasteiger partial charge in [0, 0.05) is 11.8 Å². The second-order valence-corrected chi connectivity index (χ2v) is 2.28. The van der Waals surface area contributed by atoms with Crippen molar-refractivity contribution >= 4 is 12.6 Å². The van der Waals surface area contributed by atoms with E-state index >= 15 is 0 Å². The Morgan fingerprint density at radius 2 is 2.73 bits per heavy atom. The highest BCUT2D eigenvalue weighted by Crippen LogP contribution is 2.08. The van der Waals surface area contributed by atoms with Crippen molar-refractivity contribution < 1.29 is 0 Å². The fourth-order valence-corrected chi connectivity index (χ4v) is 0.946.